The normalized spacial score (nSPS) is 13.0. The number of methoxy groups -OCH3 is 1. The number of ether oxygens (including phenoxy) is 2. The Balaban J connectivity index is 1.87. The fraction of sp³-hybridized carbons (Fsp3) is 0.0455. The van der Waals surface area contributed by atoms with Crippen molar-refractivity contribution in [2.24, 2.45) is 4.99 Å². The number of para-hydroxylation sites is 2. The van der Waals surface area contributed by atoms with E-state index in [1.807, 2.05) is 84.9 Å². The molecule has 0 radical (unpaired) electrons. The van der Waals surface area contributed by atoms with Crippen molar-refractivity contribution < 1.29 is 9.47 Å². The first-order valence-corrected chi connectivity index (χ1v) is 8.10. The molecule has 1 heterocycles. The highest BCUT2D eigenvalue weighted by Gasteiger charge is 2.15. The Kier molecular flexibility index (Phi) is 4.05. The van der Waals surface area contributed by atoms with Gasteiger partial charge in [0.25, 0.3) is 0 Å². The third-order valence-electron chi connectivity index (χ3n) is 4.02. The zero-order valence-electron chi connectivity index (χ0n) is 13.8. The molecule has 3 nitrogen and oxygen atoms in total. The van der Waals surface area contributed by atoms with Crippen LogP contribution >= 0.6 is 0 Å². The van der Waals surface area contributed by atoms with Crippen LogP contribution in [0.25, 0.3) is 5.76 Å². The highest BCUT2D eigenvalue weighted by Crippen LogP contribution is 2.35. The van der Waals surface area contributed by atoms with Crippen molar-refractivity contribution in [2.75, 3.05) is 7.11 Å². The summed E-state index contributed by atoms with van der Waals surface area (Å²) in [5.41, 5.74) is 3.67. The van der Waals surface area contributed by atoms with Crippen LogP contribution in [0.2, 0.25) is 0 Å². The van der Waals surface area contributed by atoms with Crippen molar-refractivity contribution in [1.29, 1.82) is 0 Å². The summed E-state index contributed by atoms with van der Waals surface area (Å²) < 4.78 is 11.5. The first-order valence-electron chi connectivity index (χ1n) is 8.10. The Morgan fingerprint density at radius 1 is 0.800 bits per heavy atom. The molecule has 1 aliphatic heterocycles. The van der Waals surface area contributed by atoms with Gasteiger partial charge in [-0.2, -0.15) is 0 Å². The van der Waals surface area contributed by atoms with E-state index in [1.54, 1.807) is 7.11 Å². The third-order valence-corrected chi connectivity index (χ3v) is 4.02. The molecule has 3 aromatic carbocycles. The maximum absolute atomic E-state index is 6.19. The van der Waals surface area contributed by atoms with Crippen LogP contribution in [0.4, 0.5) is 5.69 Å². The van der Waals surface area contributed by atoms with Crippen LogP contribution in [0, 0.1) is 0 Å². The van der Waals surface area contributed by atoms with Gasteiger partial charge in [-0.25, -0.2) is 4.99 Å². The van der Waals surface area contributed by atoms with Gasteiger partial charge >= 0.3 is 0 Å². The van der Waals surface area contributed by atoms with E-state index in [9.17, 15) is 0 Å². The smallest absolute Gasteiger partial charge is 0.153 e. The van der Waals surface area contributed by atoms with Crippen molar-refractivity contribution in [3.8, 4) is 11.5 Å². The lowest BCUT2D eigenvalue weighted by Gasteiger charge is -2.11. The number of hydrogen-bond acceptors (Lipinski definition) is 3. The average Bonchev–Trinajstić information content (AvgIpc) is 2.88. The molecule has 0 saturated heterocycles. The zero-order valence-corrected chi connectivity index (χ0v) is 13.8. The maximum atomic E-state index is 6.19. The highest BCUT2D eigenvalue weighted by atomic mass is 16.5. The molecule has 4 rings (SSSR count). The number of hydrogen-bond donors (Lipinski definition) is 0. The minimum atomic E-state index is 0.738. The molecule has 122 valence electrons. The van der Waals surface area contributed by atoms with Crippen LogP contribution < -0.4 is 9.47 Å². The Labute approximate surface area is 146 Å². The van der Waals surface area contributed by atoms with Crippen molar-refractivity contribution in [1.82, 2.24) is 0 Å². The molecule has 0 fully saturated rings. The Hall–Kier alpha value is -3.33. The van der Waals surface area contributed by atoms with E-state index in [0.29, 0.717) is 0 Å². The molecular weight excluding hydrogens is 310 g/mol. The monoisotopic (exact) mass is 327 g/mol. The summed E-state index contributed by atoms with van der Waals surface area (Å²) in [6.45, 7) is 0. The Morgan fingerprint density at radius 3 is 2.40 bits per heavy atom. The van der Waals surface area contributed by atoms with Gasteiger partial charge in [-0.3, -0.25) is 0 Å². The van der Waals surface area contributed by atoms with Gasteiger partial charge in [0.2, 0.25) is 0 Å². The molecule has 0 aromatic heterocycles. The van der Waals surface area contributed by atoms with Gasteiger partial charge in [-0.15, -0.1) is 0 Å². The Morgan fingerprint density at radius 2 is 1.56 bits per heavy atom. The standard InChI is InChI=1S/C22H17NO2/c1-24-18-11-7-10-17(14-18)22-15-20(16-8-3-2-4-9-16)23-19-12-5-6-13-21(19)25-22/h2-15H,1H3. The number of rotatable bonds is 3. The van der Waals surface area contributed by atoms with Gasteiger partial charge in [0.1, 0.15) is 17.2 Å². The van der Waals surface area contributed by atoms with Crippen LogP contribution in [-0.2, 0) is 0 Å². The molecule has 0 N–H and O–H groups in total. The Bertz CT molecular complexity index is 959. The average molecular weight is 327 g/mol. The molecule has 0 unspecified atom stereocenters. The molecule has 0 saturated carbocycles. The van der Waals surface area contributed by atoms with Crippen molar-refractivity contribution >= 4 is 17.2 Å². The molecular formula is C22H17NO2. The van der Waals surface area contributed by atoms with E-state index in [2.05, 4.69) is 0 Å². The van der Waals surface area contributed by atoms with Gasteiger partial charge in [0.05, 0.1) is 12.8 Å². The van der Waals surface area contributed by atoms with E-state index in [4.69, 9.17) is 14.5 Å². The van der Waals surface area contributed by atoms with Crippen molar-refractivity contribution in [3.63, 3.8) is 0 Å². The summed E-state index contributed by atoms with van der Waals surface area (Å²) in [4.78, 5) is 4.81. The quantitative estimate of drug-likeness (QED) is 0.658. The van der Waals surface area contributed by atoms with Crippen LogP contribution in [0.15, 0.2) is 89.9 Å². The second-order valence-electron chi connectivity index (χ2n) is 5.67. The summed E-state index contributed by atoms with van der Waals surface area (Å²) >= 11 is 0. The maximum Gasteiger partial charge on any atom is 0.153 e. The van der Waals surface area contributed by atoms with Crippen LogP contribution in [0.1, 0.15) is 11.1 Å². The minimum Gasteiger partial charge on any atom is -0.497 e. The highest BCUT2D eigenvalue weighted by molar-refractivity contribution is 6.13. The van der Waals surface area contributed by atoms with Gasteiger partial charge in [-0.1, -0.05) is 54.6 Å². The zero-order chi connectivity index (χ0) is 17.1. The lowest BCUT2D eigenvalue weighted by atomic mass is 10.1. The summed E-state index contributed by atoms with van der Waals surface area (Å²) in [6, 6.07) is 25.7. The molecule has 0 bridgehead atoms. The molecule has 3 heteroatoms. The van der Waals surface area contributed by atoms with Crippen molar-refractivity contribution in [3.05, 3.63) is 96.1 Å². The summed E-state index contributed by atoms with van der Waals surface area (Å²) in [6.07, 6.45) is 1.98. The van der Waals surface area contributed by atoms with Gasteiger partial charge in [0, 0.05) is 17.2 Å². The molecule has 1 aliphatic rings. The molecule has 3 aromatic rings. The van der Waals surface area contributed by atoms with Crippen molar-refractivity contribution in [2.45, 2.75) is 0 Å². The molecule has 0 spiro atoms. The third kappa shape index (κ3) is 3.17. The second-order valence-corrected chi connectivity index (χ2v) is 5.67. The molecule has 0 atom stereocenters. The fourth-order valence-corrected chi connectivity index (χ4v) is 2.75. The molecule has 0 amide bonds. The number of allylic oxidation sites excluding steroid dienone is 1. The van der Waals surface area contributed by atoms with E-state index in [0.717, 1.165) is 39.8 Å². The fourth-order valence-electron chi connectivity index (χ4n) is 2.75. The lowest BCUT2D eigenvalue weighted by molar-refractivity contribution is 0.414. The largest absolute Gasteiger partial charge is 0.497 e. The van der Waals surface area contributed by atoms with Crippen LogP contribution in [-0.4, -0.2) is 12.8 Å². The van der Waals surface area contributed by atoms with E-state index >= 15 is 0 Å². The SMILES string of the molecule is COc1cccc(C2=CC(c3ccccc3)=Nc3ccccc3O2)c1. The minimum absolute atomic E-state index is 0.738. The molecule has 0 aliphatic carbocycles. The number of aliphatic imine (C=N–C) groups is 1. The van der Waals surface area contributed by atoms with E-state index < -0.39 is 0 Å². The van der Waals surface area contributed by atoms with Crippen LogP contribution in [0.3, 0.4) is 0 Å². The topological polar surface area (TPSA) is 30.8 Å². The summed E-state index contributed by atoms with van der Waals surface area (Å²) in [5, 5.41) is 0. The van der Waals surface area contributed by atoms with E-state index in [1.165, 1.54) is 0 Å². The lowest BCUT2D eigenvalue weighted by Crippen LogP contribution is -2.00. The van der Waals surface area contributed by atoms with Gasteiger partial charge in [-0.05, 0) is 24.3 Å². The first-order chi connectivity index (χ1) is 12.3. The molecule has 25 heavy (non-hydrogen) atoms. The van der Waals surface area contributed by atoms with E-state index in [-0.39, 0.29) is 0 Å². The predicted molar refractivity (Wildman–Crippen MR) is 101 cm³/mol. The number of nitrogens with zero attached hydrogens (tertiary/aromatic N) is 1. The number of benzene rings is 3. The van der Waals surface area contributed by atoms with Crippen LogP contribution in [0.5, 0.6) is 11.5 Å². The predicted octanol–water partition coefficient (Wildman–Crippen LogP) is 5.25. The first kappa shape index (κ1) is 15.2. The number of fused-ring (bicyclic) bond motifs is 1. The van der Waals surface area contributed by atoms with Gasteiger partial charge < -0.3 is 9.47 Å². The summed E-state index contributed by atoms with van der Waals surface area (Å²) in [7, 11) is 1.66. The van der Waals surface area contributed by atoms with Gasteiger partial charge in [0.15, 0.2) is 5.75 Å². The summed E-state index contributed by atoms with van der Waals surface area (Å²) in [5.74, 6) is 2.27. The second kappa shape index (κ2) is 6.65.